The molecule has 4 nitrogen and oxygen atoms in total. The summed E-state index contributed by atoms with van der Waals surface area (Å²) in [4.78, 5) is 10.5. The molecule has 4 heteroatoms. The van der Waals surface area contributed by atoms with E-state index in [1.807, 2.05) is 13.0 Å². The zero-order valence-corrected chi connectivity index (χ0v) is 16.1. The topological polar surface area (TPSA) is 77.8 Å². The fourth-order valence-corrected chi connectivity index (χ4v) is 3.88. The van der Waals surface area contributed by atoms with Crippen LogP contribution in [0.3, 0.4) is 0 Å². The van der Waals surface area contributed by atoms with Gasteiger partial charge in [-0.2, -0.15) is 0 Å². The molecular formula is C21H38O4. The summed E-state index contributed by atoms with van der Waals surface area (Å²) < 4.78 is 0. The van der Waals surface area contributed by atoms with Gasteiger partial charge in [-0.25, -0.2) is 0 Å². The number of aliphatic carboxylic acids is 1. The summed E-state index contributed by atoms with van der Waals surface area (Å²) in [6.07, 6.45) is 14.8. The predicted octanol–water partition coefficient (Wildman–Crippen LogP) is 4.69. The second-order valence-corrected chi connectivity index (χ2v) is 7.99. The minimum absolute atomic E-state index is 0.237. The summed E-state index contributed by atoms with van der Waals surface area (Å²) in [6.45, 7) is 4.04. The summed E-state index contributed by atoms with van der Waals surface area (Å²) >= 11 is 0. The lowest BCUT2D eigenvalue weighted by Gasteiger charge is -2.23. The van der Waals surface area contributed by atoms with E-state index in [9.17, 15) is 15.0 Å². The third-order valence-electron chi connectivity index (χ3n) is 5.51. The van der Waals surface area contributed by atoms with Crippen LogP contribution < -0.4 is 0 Å². The number of allylic oxidation sites excluding steroid dienone is 1. The second-order valence-electron chi connectivity index (χ2n) is 7.99. The molecular weight excluding hydrogens is 316 g/mol. The van der Waals surface area contributed by atoms with Crippen LogP contribution in [0.4, 0.5) is 0 Å². The highest BCUT2D eigenvalue weighted by molar-refractivity contribution is 5.66. The lowest BCUT2D eigenvalue weighted by molar-refractivity contribution is -0.137. The Hall–Kier alpha value is -0.870. The molecule has 1 aliphatic rings. The zero-order chi connectivity index (χ0) is 18.7. The Kier molecular flexibility index (Phi) is 10.4. The molecule has 4 unspecified atom stereocenters. The van der Waals surface area contributed by atoms with Crippen LogP contribution in [0, 0.1) is 11.8 Å². The smallest absolute Gasteiger partial charge is 0.303 e. The number of hydrogen-bond acceptors (Lipinski definition) is 3. The molecule has 0 bridgehead atoms. The van der Waals surface area contributed by atoms with Gasteiger partial charge in [-0.15, -0.1) is 0 Å². The van der Waals surface area contributed by atoms with Crippen molar-refractivity contribution in [2.24, 2.45) is 11.8 Å². The fourth-order valence-electron chi connectivity index (χ4n) is 3.88. The predicted molar refractivity (Wildman–Crippen MR) is 101 cm³/mol. The average molecular weight is 355 g/mol. The van der Waals surface area contributed by atoms with Gasteiger partial charge in [-0.05, 0) is 50.9 Å². The maximum absolute atomic E-state index is 10.5. The van der Waals surface area contributed by atoms with Crippen molar-refractivity contribution in [3.63, 3.8) is 0 Å². The third kappa shape index (κ3) is 9.41. The molecule has 1 rings (SSSR count). The van der Waals surface area contributed by atoms with Crippen molar-refractivity contribution >= 4 is 5.97 Å². The van der Waals surface area contributed by atoms with E-state index in [1.165, 1.54) is 0 Å². The average Bonchev–Trinajstić information content (AvgIpc) is 2.89. The standard InChI is InChI=1S/C21H38O4/c1-3-4-9-15-21(2,25)16-14-17-12-13-19(22)18(17)10-7-5-6-8-11-20(23)24/h14,16-19,22,25H,3-13,15H2,1-2H3,(H,23,24)/b16-14+. The van der Waals surface area contributed by atoms with Crippen molar-refractivity contribution in [2.75, 3.05) is 0 Å². The van der Waals surface area contributed by atoms with Crippen LogP contribution in [0.25, 0.3) is 0 Å². The van der Waals surface area contributed by atoms with Crippen molar-refractivity contribution in [3.05, 3.63) is 12.2 Å². The van der Waals surface area contributed by atoms with Gasteiger partial charge in [-0.1, -0.05) is 57.6 Å². The highest BCUT2D eigenvalue weighted by atomic mass is 16.4. The van der Waals surface area contributed by atoms with E-state index in [1.54, 1.807) is 0 Å². The lowest BCUT2D eigenvalue weighted by atomic mass is 9.87. The number of carbonyl (C=O) groups is 1. The third-order valence-corrected chi connectivity index (χ3v) is 5.51. The van der Waals surface area contributed by atoms with Crippen LogP contribution in [0.5, 0.6) is 0 Å². The monoisotopic (exact) mass is 354 g/mol. The number of rotatable bonds is 13. The first-order valence-corrected chi connectivity index (χ1v) is 10.2. The summed E-state index contributed by atoms with van der Waals surface area (Å²) in [6, 6.07) is 0. The molecule has 1 aliphatic carbocycles. The molecule has 3 N–H and O–H groups in total. The number of hydrogen-bond donors (Lipinski definition) is 3. The first-order valence-electron chi connectivity index (χ1n) is 10.2. The SMILES string of the molecule is CCCCCC(C)(O)/C=C/C1CCC(O)C1CCCCCCC(=O)O. The Morgan fingerprint density at radius 2 is 1.84 bits per heavy atom. The van der Waals surface area contributed by atoms with Crippen molar-refractivity contribution in [3.8, 4) is 0 Å². The van der Waals surface area contributed by atoms with Gasteiger partial charge in [-0.3, -0.25) is 4.79 Å². The van der Waals surface area contributed by atoms with Gasteiger partial charge < -0.3 is 15.3 Å². The fraction of sp³-hybridized carbons (Fsp3) is 0.857. The van der Waals surface area contributed by atoms with E-state index in [0.29, 0.717) is 5.92 Å². The number of aliphatic hydroxyl groups excluding tert-OH is 1. The second kappa shape index (κ2) is 11.7. The van der Waals surface area contributed by atoms with E-state index in [2.05, 4.69) is 13.0 Å². The molecule has 0 amide bonds. The van der Waals surface area contributed by atoms with Gasteiger partial charge in [0.2, 0.25) is 0 Å². The van der Waals surface area contributed by atoms with E-state index < -0.39 is 11.6 Å². The number of aliphatic hydroxyl groups is 2. The zero-order valence-electron chi connectivity index (χ0n) is 16.1. The molecule has 0 heterocycles. The van der Waals surface area contributed by atoms with E-state index >= 15 is 0 Å². The molecule has 0 aromatic heterocycles. The van der Waals surface area contributed by atoms with Crippen molar-refractivity contribution in [2.45, 2.75) is 103 Å². The lowest BCUT2D eigenvalue weighted by Crippen LogP contribution is -2.22. The molecule has 0 aromatic rings. The number of carboxylic acids is 1. The minimum Gasteiger partial charge on any atom is -0.481 e. The molecule has 1 fully saturated rings. The summed E-state index contributed by atoms with van der Waals surface area (Å²) in [5, 5.41) is 29.4. The van der Waals surface area contributed by atoms with Crippen molar-refractivity contribution < 1.29 is 20.1 Å². The maximum Gasteiger partial charge on any atom is 0.303 e. The van der Waals surface area contributed by atoms with Gasteiger partial charge >= 0.3 is 5.97 Å². The van der Waals surface area contributed by atoms with Crippen molar-refractivity contribution in [1.82, 2.24) is 0 Å². The Morgan fingerprint density at radius 1 is 1.12 bits per heavy atom. The highest BCUT2D eigenvalue weighted by Crippen LogP contribution is 2.37. The molecule has 4 atom stereocenters. The highest BCUT2D eigenvalue weighted by Gasteiger charge is 2.33. The maximum atomic E-state index is 10.5. The van der Waals surface area contributed by atoms with Crippen LogP contribution in [0.1, 0.15) is 90.9 Å². The van der Waals surface area contributed by atoms with Crippen LogP contribution in [0.2, 0.25) is 0 Å². The normalized spacial score (nSPS) is 26.2. The van der Waals surface area contributed by atoms with Gasteiger partial charge in [0.15, 0.2) is 0 Å². The van der Waals surface area contributed by atoms with E-state index in [-0.39, 0.29) is 18.4 Å². The molecule has 1 saturated carbocycles. The van der Waals surface area contributed by atoms with Gasteiger partial charge in [0.25, 0.3) is 0 Å². The molecule has 0 aromatic carbocycles. The molecule has 0 spiro atoms. The molecule has 25 heavy (non-hydrogen) atoms. The molecule has 0 saturated heterocycles. The van der Waals surface area contributed by atoms with Gasteiger partial charge in [0.05, 0.1) is 11.7 Å². The first-order chi connectivity index (χ1) is 11.9. The van der Waals surface area contributed by atoms with Gasteiger partial charge in [0.1, 0.15) is 0 Å². The Morgan fingerprint density at radius 3 is 2.52 bits per heavy atom. The van der Waals surface area contributed by atoms with E-state index in [0.717, 1.165) is 70.6 Å². The largest absolute Gasteiger partial charge is 0.481 e. The minimum atomic E-state index is -0.746. The van der Waals surface area contributed by atoms with Gasteiger partial charge in [0, 0.05) is 6.42 Å². The Balaban J connectivity index is 2.37. The number of carboxylic acid groups (broad SMARTS) is 1. The van der Waals surface area contributed by atoms with Crippen LogP contribution in [0.15, 0.2) is 12.2 Å². The summed E-state index contributed by atoms with van der Waals surface area (Å²) in [5.74, 6) is -0.0868. The van der Waals surface area contributed by atoms with Crippen LogP contribution in [-0.2, 0) is 4.79 Å². The first kappa shape index (κ1) is 22.2. The molecule has 0 aliphatic heterocycles. The van der Waals surface area contributed by atoms with E-state index in [4.69, 9.17) is 5.11 Å². The quantitative estimate of drug-likeness (QED) is 0.331. The Bertz CT molecular complexity index is 403. The van der Waals surface area contributed by atoms with Crippen molar-refractivity contribution in [1.29, 1.82) is 0 Å². The number of unbranched alkanes of at least 4 members (excludes halogenated alkanes) is 5. The molecule has 0 radical (unpaired) electrons. The summed E-state index contributed by atoms with van der Waals surface area (Å²) in [5.41, 5.74) is -0.746. The van der Waals surface area contributed by atoms with Crippen LogP contribution >= 0.6 is 0 Å². The Labute approximate surface area is 153 Å². The molecule has 146 valence electrons. The summed E-state index contributed by atoms with van der Waals surface area (Å²) in [7, 11) is 0. The van der Waals surface area contributed by atoms with Crippen LogP contribution in [-0.4, -0.2) is 33.0 Å².